The quantitative estimate of drug-likeness (QED) is 0.584. The fourth-order valence-corrected chi connectivity index (χ4v) is 3.53. The van der Waals surface area contributed by atoms with Crippen LogP contribution in [0.4, 0.5) is 5.69 Å². The summed E-state index contributed by atoms with van der Waals surface area (Å²) in [6.45, 7) is 7.01. The first-order chi connectivity index (χ1) is 12.5. The van der Waals surface area contributed by atoms with Crippen molar-refractivity contribution in [2.45, 2.75) is 38.5 Å². The van der Waals surface area contributed by atoms with E-state index in [0.29, 0.717) is 28.6 Å². The van der Waals surface area contributed by atoms with Gasteiger partial charge in [0.25, 0.3) is 5.91 Å². The van der Waals surface area contributed by atoms with Gasteiger partial charge < -0.3 is 20.5 Å². The molecule has 0 radical (unpaired) electrons. The molecule has 2 saturated heterocycles. The molecule has 4 atom stereocenters. The summed E-state index contributed by atoms with van der Waals surface area (Å²) in [7, 11) is 0. The summed E-state index contributed by atoms with van der Waals surface area (Å²) in [5, 5.41) is 3.40. The van der Waals surface area contributed by atoms with Crippen LogP contribution in [0.2, 0.25) is 5.02 Å². The molecule has 2 fully saturated rings. The lowest BCUT2D eigenvalue weighted by molar-refractivity contribution is -0.0702. The number of hydrogen-bond acceptors (Lipinski definition) is 5. The van der Waals surface area contributed by atoms with Crippen molar-refractivity contribution in [3.05, 3.63) is 22.7 Å². The standard InChI is InChI=1S/C19H24ClN3O3.ClH/c1-3-4-12(2)26-17-10-15(21)14(20)9-13(17)19(24)22-16-5-6-23-7-8-25-18(16)11-23;/h9-10,12,16,18H,5-8,11,21H2,1-2H3,(H,22,24);1H/t12-,16?,18?;/m0./s1. The number of amides is 1. The molecule has 1 aromatic rings. The number of halogens is 2. The second-order valence-corrected chi connectivity index (χ2v) is 7.01. The average molecular weight is 414 g/mol. The Balaban J connectivity index is 0.00000261. The molecule has 0 saturated carbocycles. The Morgan fingerprint density at radius 2 is 2.26 bits per heavy atom. The molecule has 8 heteroatoms. The smallest absolute Gasteiger partial charge is 0.255 e. The monoisotopic (exact) mass is 413 g/mol. The number of nitrogens with one attached hydrogen (secondary N) is 1. The van der Waals surface area contributed by atoms with Crippen molar-refractivity contribution in [1.29, 1.82) is 0 Å². The molecule has 1 aromatic carbocycles. The molecule has 0 spiro atoms. The van der Waals surface area contributed by atoms with Gasteiger partial charge in [-0.25, -0.2) is 0 Å². The van der Waals surface area contributed by atoms with Gasteiger partial charge in [-0.05, 0) is 26.3 Å². The van der Waals surface area contributed by atoms with Crippen molar-refractivity contribution in [2.75, 3.05) is 32.0 Å². The third-order valence-electron chi connectivity index (χ3n) is 4.69. The van der Waals surface area contributed by atoms with Crippen LogP contribution >= 0.6 is 24.0 Å². The third kappa shape index (κ3) is 5.20. The predicted octanol–water partition coefficient (Wildman–Crippen LogP) is 2.34. The zero-order chi connectivity index (χ0) is 18.7. The number of anilines is 1. The first-order valence-corrected chi connectivity index (χ1v) is 9.18. The number of nitrogens with two attached hydrogens (primary N) is 1. The number of fused-ring (bicyclic) bond motifs is 2. The van der Waals surface area contributed by atoms with Gasteiger partial charge in [-0.1, -0.05) is 17.5 Å². The molecule has 0 aliphatic carbocycles. The van der Waals surface area contributed by atoms with E-state index in [9.17, 15) is 4.79 Å². The van der Waals surface area contributed by atoms with Gasteiger partial charge in [0.15, 0.2) is 6.10 Å². The number of piperidine rings is 1. The van der Waals surface area contributed by atoms with Gasteiger partial charge in [-0.3, -0.25) is 9.69 Å². The first kappa shape index (κ1) is 21.6. The second kappa shape index (κ2) is 9.52. The topological polar surface area (TPSA) is 76.8 Å². The summed E-state index contributed by atoms with van der Waals surface area (Å²) in [5.41, 5.74) is 6.60. The third-order valence-corrected chi connectivity index (χ3v) is 5.02. The van der Waals surface area contributed by atoms with Crippen LogP contribution in [0.15, 0.2) is 12.1 Å². The second-order valence-electron chi connectivity index (χ2n) is 6.60. The number of morpholine rings is 1. The lowest BCUT2D eigenvalue weighted by Gasteiger charge is -2.42. The first-order valence-electron chi connectivity index (χ1n) is 8.80. The van der Waals surface area contributed by atoms with E-state index in [1.807, 2.05) is 6.92 Å². The molecule has 3 unspecified atom stereocenters. The average Bonchev–Trinajstić information content (AvgIpc) is 2.61. The minimum Gasteiger partial charge on any atom is -0.477 e. The van der Waals surface area contributed by atoms with Gasteiger partial charge in [-0.15, -0.1) is 18.3 Å². The minimum absolute atomic E-state index is 0. The maximum atomic E-state index is 12.9. The molecule has 6 nitrogen and oxygen atoms in total. The molecule has 27 heavy (non-hydrogen) atoms. The Morgan fingerprint density at radius 1 is 1.48 bits per heavy atom. The van der Waals surface area contributed by atoms with Gasteiger partial charge in [0.05, 0.1) is 35.0 Å². The van der Waals surface area contributed by atoms with Crippen molar-refractivity contribution < 1.29 is 14.3 Å². The van der Waals surface area contributed by atoms with Crippen LogP contribution in [0.1, 0.15) is 30.6 Å². The van der Waals surface area contributed by atoms with E-state index < -0.39 is 0 Å². The Morgan fingerprint density at radius 3 is 3.00 bits per heavy atom. The van der Waals surface area contributed by atoms with Crippen LogP contribution in [0, 0.1) is 11.8 Å². The van der Waals surface area contributed by atoms with E-state index in [4.69, 9.17) is 26.8 Å². The van der Waals surface area contributed by atoms with E-state index in [1.54, 1.807) is 19.1 Å². The summed E-state index contributed by atoms with van der Waals surface area (Å²) >= 11 is 6.13. The molecule has 2 aliphatic rings. The molecule has 1 amide bonds. The SMILES string of the molecule is CC#C[C@H](C)Oc1cc(N)c(Cl)cc1C(=O)NC1CCN2CCOC1C2.Cl. The van der Waals surface area contributed by atoms with Gasteiger partial charge >= 0.3 is 0 Å². The summed E-state index contributed by atoms with van der Waals surface area (Å²) in [4.78, 5) is 15.3. The highest BCUT2D eigenvalue weighted by molar-refractivity contribution is 6.33. The maximum Gasteiger partial charge on any atom is 0.255 e. The lowest BCUT2D eigenvalue weighted by Crippen LogP contribution is -2.58. The van der Waals surface area contributed by atoms with E-state index in [1.165, 1.54) is 0 Å². The Hall–Kier alpha value is -1.65. The summed E-state index contributed by atoms with van der Waals surface area (Å²) in [6.07, 6.45) is 0.504. The minimum atomic E-state index is -0.364. The number of rotatable bonds is 4. The largest absolute Gasteiger partial charge is 0.477 e. The summed E-state index contributed by atoms with van der Waals surface area (Å²) < 4.78 is 11.6. The summed E-state index contributed by atoms with van der Waals surface area (Å²) in [5.74, 6) is 5.83. The summed E-state index contributed by atoms with van der Waals surface area (Å²) in [6, 6.07) is 3.09. The van der Waals surface area contributed by atoms with E-state index in [2.05, 4.69) is 22.1 Å². The molecule has 2 aliphatic heterocycles. The van der Waals surface area contributed by atoms with Gasteiger partial charge in [0.2, 0.25) is 0 Å². The normalized spacial score (nSPS) is 24.6. The number of benzene rings is 1. The van der Waals surface area contributed by atoms with Crippen LogP contribution in [0.25, 0.3) is 0 Å². The van der Waals surface area contributed by atoms with Crippen LogP contribution in [-0.4, -0.2) is 55.3 Å². The van der Waals surface area contributed by atoms with Gasteiger partial charge in [0, 0.05) is 25.7 Å². The number of ether oxygens (including phenoxy) is 2. The zero-order valence-corrected chi connectivity index (χ0v) is 17.0. The number of carbonyl (C=O) groups excluding carboxylic acids is 1. The molecule has 2 bridgehead atoms. The van der Waals surface area contributed by atoms with Crippen LogP contribution in [0.5, 0.6) is 5.75 Å². The van der Waals surface area contributed by atoms with Crippen molar-refractivity contribution in [3.8, 4) is 17.6 Å². The van der Waals surface area contributed by atoms with Gasteiger partial charge in [0.1, 0.15) is 5.75 Å². The molecule has 148 valence electrons. The van der Waals surface area contributed by atoms with Crippen molar-refractivity contribution in [3.63, 3.8) is 0 Å². The number of carbonyl (C=O) groups is 1. The van der Waals surface area contributed by atoms with Crippen molar-refractivity contribution >= 4 is 35.6 Å². The van der Waals surface area contributed by atoms with E-state index in [-0.39, 0.29) is 36.6 Å². The Bertz CT molecular complexity index is 748. The molecule has 3 N–H and O–H groups in total. The van der Waals surface area contributed by atoms with E-state index >= 15 is 0 Å². The maximum absolute atomic E-state index is 12.9. The van der Waals surface area contributed by atoms with Crippen LogP contribution < -0.4 is 15.8 Å². The lowest BCUT2D eigenvalue weighted by atomic mass is 9.99. The highest BCUT2D eigenvalue weighted by Crippen LogP contribution is 2.30. The Labute approximate surface area is 171 Å². The molecular formula is C19H25Cl2N3O3. The molecule has 2 heterocycles. The van der Waals surface area contributed by atoms with E-state index in [0.717, 1.165) is 26.1 Å². The zero-order valence-electron chi connectivity index (χ0n) is 15.5. The Kier molecular flexibility index (Phi) is 7.63. The van der Waals surface area contributed by atoms with Crippen LogP contribution in [-0.2, 0) is 4.74 Å². The predicted molar refractivity (Wildman–Crippen MR) is 109 cm³/mol. The highest BCUT2D eigenvalue weighted by Gasteiger charge is 2.34. The molecule has 0 aromatic heterocycles. The fraction of sp³-hybridized carbons (Fsp3) is 0.526. The molecular weight excluding hydrogens is 389 g/mol. The number of nitrogen functional groups attached to an aromatic ring is 1. The number of nitrogens with zero attached hydrogens (tertiary/aromatic N) is 1. The van der Waals surface area contributed by atoms with Crippen molar-refractivity contribution in [1.82, 2.24) is 10.2 Å². The molecule has 3 rings (SSSR count). The van der Waals surface area contributed by atoms with Gasteiger partial charge in [-0.2, -0.15) is 0 Å². The van der Waals surface area contributed by atoms with Crippen molar-refractivity contribution in [2.24, 2.45) is 0 Å². The van der Waals surface area contributed by atoms with Crippen LogP contribution in [0.3, 0.4) is 0 Å². The fourth-order valence-electron chi connectivity index (χ4n) is 3.36. The highest BCUT2D eigenvalue weighted by atomic mass is 35.5. The number of hydrogen-bond donors (Lipinski definition) is 2.